The zero-order valence-electron chi connectivity index (χ0n) is 16.1. The average molecular weight is 408 g/mol. The number of carbonyl (C=O) groups is 3. The van der Waals surface area contributed by atoms with Crippen molar-refractivity contribution in [3.05, 3.63) is 12.2 Å². The van der Waals surface area contributed by atoms with Crippen LogP contribution in [-0.4, -0.2) is 41.8 Å². The fraction of sp³-hybridized carbons (Fsp3) is 0.762. The number of likely N-dealkylation sites (tertiary alicyclic amines) is 1. The first kappa shape index (κ1) is 19.9. The first-order valence-corrected chi connectivity index (χ1v) is 10.6. The summed E-state index contributed by atoms with van der Waals surface area (Å²) in [7, 11) is 0. The molecule has 0 radical (unpaired) electrons. The summed E-state index contributed by atoms with van der Waals surface area (Å²) < 4.78 is 0. The maximum Gasteiger partial charge on any atom is 0.233 e. The molecule has 1 heterocycles. The van der Waals surface area contributed by atoms with Gasteiger partial charge in [-0.2, -0.15) is 0 Å². The molecule has 7 heteroatoms. The molecule has 3 N–H and O–H groups in total. The molecule has 1 saturated heterocycles. The van der Waals surface area contributed by atoms with Gasteiger partial charge in [0.1, 0.15) is 0 Å². The van der Waals surface area contributed by atoms with E-state index in [1.165, 1.54) is 11.3 Å². The minimum absolute atomic E-state index is 0. The summed E-state index contributed by atoms with van der Waals surface area (Å²) in [6.07, 6.45) is 10.4. The Morgan fingerprint density at radius 2 is 1.61 bits per heavy atom. The van der Waals surface area contributed by atoms with E-state index in [1.807, 2.05) is 0 Å². The lowest BCUT2D eigenvalue weighted by atomic mass is 9.65. The zero-order chi connectivity index (χ0) is 18.7. The van der Waals surface area contributed by atoms with Gasteiger partial charge in [-0.05, 0) is 55.8 Å². The molecule has 1 aliphatic heterocycles. The van der Waals surface area contributed by atoms with Crippen LogP contribution in [0, 0.1) is 41.4 Å². The average Bonchev–Trinajstić information content (AvgIpc) is 3.30. The Labute approximate surface area is 172 Å². The Hall–Kier alpha value is -1.40. The third kappa shape index (κ3) is 3.00. The largest absolute Gasteiger partial charge is 0.354 e. The van der Waals surface area contributed by atoms with Crippen LogP contribution in [0.4, 0.5) is 0 Å². The molecular weight excluding hydrogens is 378 g/mol. The van der Waals surface area contributed by atoms with Crippen LogP contribution in [0.25, 0.3) is 0 Å². The molecule has 5 rings (SSSR count). The van der Waals surface area contributed by atoms with Crippen molar-refractivity contribution >= 4 is 30.1 Å². The lowest BCUT2D eigenvalue weighted by Crippen LogP contribution is -2.49. The highest BCUT2D eigenvalue weighted by molar-refractivity contribution is 6.06. The molecule has 5 aliphatic rings. The van der Waals surface area contributed by atoms with Crippen molar-refractivity contribution in [2.75, 3.05) is 13.1 Å². The van der Waals surface area contributed by atoms with Crippen molar-refractivity contribution in [2.24, 2.45) is 47.2 Å². The molecule has 4 bridgehead atoms. The SMILES string of the molecule is Cl.NC1C2CCCC1CC(C(=O)NCCN1C(=O)C3C4C=CC(C4)C3C1=O)C2. The van der Waals surface area contributed by atoms with Gasteiger partial charge in [-0.3, -0.25) is 19.3 Å². The summed E-state index contributed by atoms with van der Waals surface area (Å²) in [6, 6.07) is 0.256. The Morgan fingerprint density at radius 1 is 1.04 bits per heavy atom. The van der Waals surface area contributed by atoms with E-state index >= 15 is 0 Å². The fourth-order valence-electron chi connectivity index (χ4n) is 6.62. The number of nitrogens with zero attached hydrogens (tertiary/aromatic N) is 1. The lowest BCUT2D eigenvalue weighted by molar-refractivity contribution is -0.141. The first-order valence-electron chi connectivity index (χ1n) is 10.6. The topological polar surface area (TPSA) is 92.5 Å². The Balaban J connectivity index is 0.00000192. The van der Waals surface area contributed by atoms with E-state index in [0.29, 0.717) is 24.9 Å². The second-order valence-electron chi connectivity index (χ2n) is 9.32. The van der Waals surface area contributed by atoms with Gasteiger partial charge in [-0.15, -0.1) is 12.4 Å². The third-order valence-electron chi connectivity index (χ3n) is 7.98. The van der Waals surface area contributed by atoms with E-state index in [0.717, 1.165) is 32.1 Å². The number of amides is 3. The van der Waals surface area contributed by atoms with Crippen LogP contribution in [-0.2, 0) is 14.4 Å². The highest BCUT2D eigenvalue weighted by Gasteiger charge is 2.59. The van der Waals surface area contributed by atoms with Crippen molar-refractivity contribution in [3.8, 4) is 0 Å². The van der Waals surface area contributed by atoms with E-state index < -0.39 is 0 Å². The van der Waals surface area contributed by atoms with Gasteiger partial charge >= 0.3 is 0 Å². The number of hydrogen-bond acceptors (Lipinski definition) is 4. The molecule has 6 unspecified atom stereocenters. The fourth-order valence-corrected chi connectivity index (χ4v) is 6.62. The molecule has 0 aromatic heterocycles. The van der Waals surface area contributed by atoms with Crippen molar-refractivity contribution in [1.82, 2.24) is 10.2 Å². The van der Waals surface area contributed by atoms with Crippen molar-refractivity contribution in [2.45, 2.75) is 44.6 Å². The Kier molecular flexibility index (Phi) is 5.29. The van der Waals surface area contributed by atoms with E-state index in [4.69, 9.17) is 5.73 Å². The van der Waals surface area contributed by atoms with Crippen molar-refractivity contribution < 1.29 is 14.4 Å². The van der Waals surface area contributed by atoms with Gasteiger partial charge in [0.05, 0.1) is 11.8 Å². The number of allylic oxidation sites excluding steroid dienone is 2. The summed E-state index contributed by atoms with van der Waals surface area (Å²) in [5, 5.41) is 2.99. The van der Waals surface area contributed by atoms with E-state index in [9.17, 15) is 14.4 Å². The van der Waals surface area contributed by atoms with Crippen molar-refractivity contribution in [1.29, 1.82) is 0 Å². The molecule has 0 spiro atoms. The molecule has 0 aromatic carbocycles. The second kappa shape index (κ2) is 7.45. The van der Waals surface area contributed by atoms with Crippen LogP contribution >= 0.6 is 12.4 Å². The number of fused-ring (bicyclic) bond motifs is 7. The number of hydrogen-bond donors (Lipinski definition) is 2. The number of rotatable bonds is 4. The standard InChI is InChI=1S/C21H29N3O3.ClH/c22-18-13-2-1-3-14(18)10-15(9-13)19(25)23-6-7-24-20(26)16-11-4-5-12(8-11)17(16)21(24)27;/h4-5,11-18H,1-3,6-10,22H2,(H,23,25);1H. The van der Waals surface area contributed by atoms with Crippen LogP contribution in [0.2, 0.25) is 0 Å². The minimum atomic E-state index is -0.151. The van der Waals surface area contributed by atoms with Crippen LogP contribution < -0.4 is 11.1 Å². The highest BCUT2D eigenvalue weighted by atomic mass is 35.5. The minimum Gasteiger partial charge on any atom is -0.354 e. The van der Waals surface area contributed by atoms with Crippen LogP contribution in [0.15, 0.2) is 12.2 Å². The maximum atomic E-state index is 12.7. The van der Waals surface area contributed by atoms with Crippen LogP contribution in [0.5, 0.6) is 0 Å². The predicted molar refractivity (Wildman–Crippen MR) is 106 cm³/mol. The molecule has 0 aromatic rings. The molecule has 6 nitrogen and oxygen atoms in total. The number of nitrogens with one attached hydrogen (secondary N) is 1. The van der Waals surface area contributed by atoms with E-state index in [-0.39, 0.29) is 65.8 Å². The molecule has 3 saturated carbocycles. The molecule has 3 amide bonds. The molecule has 6 atom stereocenters. The smallest absolute Gasteiger partial charge is 0.233 e. The second-order valence-corrected chi connectivity index (χ2v) is 9.32. The highest BCUT2D eigenvalue weighted by Crippen LogP contribution is 2.52. The van der Waals surface area contributed by atoms with Crippen LogP contribution in [0.1, 0.15) is 38.5 Å². The third-order valence-corrected chi connectivity index (χ3v) is 7.98. The van der Waals surface area contributed by atoms with Gasteiger partial charge in [-0.1, -0.05) is 18.6 Å². The molecular formula is C21H30ClN3O3. The Bertz CT molecular complexity index is 667. The zero-order valence-corrected chi connectivity index (χ0v) is 16.9. The maximum absolute atomic E-state index is 12.7. The molecule has 154 valence electrons. The predicted octanol–water partition coefficient (Wildman–Crippen LogP) is 1.49. The van der Waals surface area contributed by atoms with Gasteiger partial charge in [0.2, 0.25) is 17.7 Å². The molecule has 28 heavy (non-hydrogen) atoms. The molecule has 4 fully saturated rings. The van der Waals surface area contributed by atoms with Gasteiger partial charge < -0.3 is 11.1 Å². The number of carbonyl (C=O) groups excluding carboxylic acids is 3. The number of nitrogens with two attached hydrogens (primary N) is 1. The normalized spacial score (nSPS) is 43.1. The quantitative estimate of drug-likeness (QED) is 0.545. The summed E-state index contributed by atoms with van der Waals surface area (Å²) in [6.45, 7) is 0.658. The molecule has 4 aliphatic carbocycles. The lowest BCUT2D eigenvalue weighted by Gasteiger charge is -2.43. The van der Waals surface area contributed by atoms with Gasteiger partial charge in [0, 0.05) is 25.0 Å². The summed E-state index contributed by atoms with van der Waals surface area (Å²) in [4.78, 5) is 39.4. The van der Waals surface area contributed by atoms with E-state index in [1.54, 1.807) is 0 Å². The number of imide groups is 1. The van der Waals surface area contributed by atoms with Gasteiger partial charge in [0.15, 0.2) is 0 Å². The number of halogens is 1. The van der Waals surface area contributed by atoms with Gasteiger partial charge in [-0.25, -0.2) is 0 Å². The Morgan fingerprint density at radius 3 is 2.18 bits per heavy atom. The van der Waals surface area contributed by atoms with Crippen molar-refractivity contribution in [3.63, 3.8) is 0 Å². The monoisotopic (exact) mass is 407 g/mol. The first-order chi connectivity index (χ1) is 13.0. The van der Waals surface area contributed by atoms with Crippen LogP contribution in [0.3, 0.4) is 0 Å². The van der Waals surface area contributed by atoms with Gasteiger partial charge in [0.25, 0.3) is 0 Å². The van der Waals surface area contributed by atoms with E-state index in [2.05, 4.69) is 17.5 Å². The summed E-state index contributed by atoms with van der Waals surface area (Å²) >= 11 is 0. The summed E-state index contributed by atoms with van der Waals surface area (Å²) in [5.41, 5.74) is 6.31. The summed E-state index contributed by atoms with van der Waals surface area (Å²) in [5.74, 6) is 1.15.